The summed E-state index contributed by atoms with van der Waals surface area (Å²) in [5, 5.41) is 0. The number of pyridine rings is 1. The first-order valence-corrected chi connectivity index (χ1v) is 6.53. The van der Waals surface area contributed by atoms with Crippen molar-refractivity contribution in [3.05, 3.63) is 53.2 Å². The molecule has 0 saturated heterocycles. The van der Waals surface area contributed by atoms with Gasteiger partial charge in [0.05, 0.1) is 11.3 Å². The fourth-order valence-electron chi connectivity index (χ4n) is 2.00. The van der Waals surface area contributed by atoms with Crippen molar-refractivity contribution in [1.82, 2.24) is 4.98 Å². The molecule has 0 bridgehead atoms. The van der Waals surface area contributed by atoms with Crippen molar-refractivity contribution in [2.45, 2.75) is 26.7 Å². The molecule has 1 aromatic carbocycles. The van der Waals surface area contributed by atoms with Gasteiger partial charge in [0.2, 0.25) is 0 Å². The maximum Gasteiger partial charge on any atom is 0.175 e. The molecule has 102 valence electrons. The first kappa shape index (κ1) is 14.2. The Morgan fingerprint density at radius 2 is 1.90 bits per heavy atom. The van der Waals surface area contributed by atoms with Gasteiger partial charge in [0, 0.05) is 11.8 Å². The Morgan fingerprint density at radius 1 is 1.10 bits per heavy atom. The van der Waals surface area contributed by atoms with Gasteiger partial charge in [0.1, 0.15) is 0 Å². The summed E-state index contributed by atoms with van der Waals surface area (Å²) in [6, 6.07) is 6.60. The molecule has 0 atom stereocenters. The fraction of sp³-hybridized carbons (Fsp3) is 0.235. The number of nitrogens with zero attached hydrogens (tertiary/aromatic N) is 1. The van der Waals surface area contributed by atoms with Crippen LogP contribution in [0.1, 0.15) is 31.4 Å². The van der Waals surface area contributed by atoms with E-state index in [9.17, 15) is 8.78 Å². The van der Waals surface area contributed by atoms with Crippen LogP contribution in [0.4, 0.5) is 8.78 Å². The number of rotatable bonds is 3. The summed E-state index contributed by atoms with van der Waals surface area (Å²) in [6.45, 7) is 3.66. The van der Waals surface area contributed by atoms with Crippen LogP contribution in [0.2, 0.25) is 0 Å². The Labute approximate surface area is 117 Å². The predicted molar refractivity (Wildman–Crippen MR) is 76.1 cm³/mol. The molecule has 0 N–H and O–H groups in total. The highest BCUT2D eigenvalue weighted by Crippen LogP contribution is 2.25. The number of hydrogen-bond donors (Lipinski definition) is 0. The number of aromatic nitrogens is 1. The van der Waals surface area contributed by atoms with E-state index in [1.807, 2.05) is 6.07 Å². The van der Waals surface area contributed by atoms with Crippen molar-refractivity contribution in [3.63, 3.8) is 0 Å². The van der Waals surface area contributed by atoms with Crippen molar-refractivity contribution in [1.29, 1.82) is 0 Å². The van der Waals surface area contributed by atoms with Crippen molar-refractivity contribution in [2.24, 2.45) is 0 Å². The van der Waals surface area contributed by atoms with Crippen LogP contribution in [0.5, 0.6) is 0 Å². The molecule has 0 radical (unpaired) electrons. The summed E-state index contributed by atoms with van der Waals surface area (Å²) in [5.41, 5.74) is 1.74. The largest absolute Gasteiger partial charge is 0.256 e. The highest BCUT2D eigenvalue weighted by Gasteiger charge is 2.14. The highest BCUT2D eigenvalue weighted by atomic mass is 19.2. The van der Waals surface area contributed by atoms with Gasteiger partial charge in [-0.05, 0) is 37.1 Å². The molecule has 0 spiro atoms. The maximum atomic E-state index is 14.0. The SMILES string of the molecule is CC#Cc1ccc(-c2ccc(CCC)cn2)c(F)c1F. The minimum absolute atomic E-state index is 0.0661. The molecule has 2 aromatic rings. The average Bonchev–Trinajstić information content (AvgIpc) is 2.46. The number of aryl methyl sites for hydroxylation is 1. The third kappa shape index (κ3) is 2.85. The van der Waals surface area contributed by atoms with E-state index in [2.05, 4.69) is 23.7 Å². The first-order chi connectivity index (χ1) is 9.67. The van der Waals surface area contributed by atoms with Crippen molar-refractivity contribution in [2.75, 3.05) is 0 Å². The van der Waals surface area contributed by atoms with Crippen LogP contribution >= 0.6 is 0 Å². The lowest BCUT2D eigenvalue weighted by molar-refractivity contribution is 0.509. The van der Waals surface area contributed by atoms with E-state index >= 15 is 0 Å². The van der Waals surface area contributed by atoms with Gasteiger partial charge in [0.15, 0.2) is 11.6 Å². The van der Waals surface area contributed by atoms with E-state index in [1.165, 1.54) is 12.1 Å². The third-order valence-electron chi connectivity index (χ3n) is 2.98. The van der Waals surface area contributed by atoms with E-state index in [0.29, 0.717) is 5.69 Å². The molecule has 0 amide bonds. The van der Waals surface area contributed by atoms with Crippen LogP contribution in [-0.2, 0) is 6.42 Å². The molecule has 1 nitrogen and oxygen atoms in total. The predicted octanol–water partition coefficient (Wildman–Crippen LogP) is 4.35. The number of halogens is 2. The molecule has 20 heavy (non-hydrogen) atoms. The van der Waals surface area contributed by atoms with Gasteiger partial charge in [-0.3, -0.25) is 4.98 Å². The molecule has 0 aliphatic carbocycles. The summed E-state index contributed by atoms with van der Waals surface area (Å²) in [7, 11) is 0. The van der Waals surface area contributed by atoms with Crippen LogP contribution in [0.15, 0.2) is 30.5 Å². The van der Waals surface area contributed by atoms with Crippen molar-refractivity contribution in [3.8, 4) is 23.1 Å². The van der Waals surface area contributed by atoms with Gasteiger partial charge in [-0.25, -0.2) is 8.78 Å². The molecule has 0 aliphatic heterocycles. The quantitative estimate of drug-likeness (QED) is 0.756. The summed E-state index contributed by atoms with van der Waals surface area (Å²) in [4.78, 5) is 4.20. The van der Waals surface area contributed by atoms with E-state index in [1.54, 1.807) is 19.2 Å². The van der Waals surface area contributed by atoms with Crippen LogP contribution in [0.3, 0.4) is 0 Å². The van der Waals surface area contributed by atoms with Gasteiger partial charge < -0.3 is 0 Å². The average molecular weight is 271 g/mol. The van der Waals surface area contributed by atoms with Crippen LogP contribution in [0.25, 0.3) is 11.3 Å². The molecule has 0 saturated carbocycles. The summed E-state index contributed by atoms with van der Waals surface area (Å²) in [6.07, 6.45) is 3.65. The zero-order valence-corrected chi connectivity index (χ0v) is 11.5. The van der Waals surface area contributed by atoms with Gasteiger partial charge in [-0.2, -0.15) is 0 Å². The molecular formula is C17H15F2N. The Hall–Kier alpha value is -2.21. The zero-order chi connectivity index (χ0) is 14.5. The molecular weight excluding hydrogens is 256 g/mol. The Bertz CT molecular complexity index is 664. The van der Waals surface area contributed by atoms with Gasteiger partial charge in [-0.1, -0.05) is 25.3 Å². The normalized spacial score (nSPS) is 10.0. The molecule has 1 aromatic heterocycles. The molecule has 2 rings (SSSR count). The second kappa shape index (κ2) is 6.29. The van der Waals surface area contributed by atoms with E-state index in [4.69, 9.17) is 0 Å². The summed E-state index contributed by atoms with van der Waals surface area (Å²) in [5.74, 6) is 3.27. The van der Waals surface area contributed by atoms with Gasteiger partial charge >= 0.3 is 0 Å². The highest BCUT2D eigenvalue weighted by molar-refractivity contribution is 5.62. The lowest BCUT2D eigenvalue weighted by Gasteiger charge is -2.06. The minimum atomic E-state index is -0.920. The van der Waals surface area contributed by atoms with Crippen molar-refractivity contribution >= 4 is 0 Å². The third-order valence-corrected chi connectivity index (χ3v) is 2.98. The van der Waals surface area contributed by atoms with Crippen LogP contribution in [0, 0.1) is 23.5 Å². The number of hydrogen-bond acceptors (Lipinski definition) is 1. The van der Waals surface area contributed by atoms with Crippen LogP contribution in [-0.4, -0.2) is 4.98 Å². The Morgan fingerprint density at radius 3 is 2.50 bits per heavy atom. The molecule has 0 fully saturated rings. The summed E-state index contributed by atoms with van der Waals surface area (Å²) >= 11 is 0. The lowest BCUT2D eigenvalue weighted by atomic mass is 10.1. The maximum absolute atomic E-state index is 14.0. The molecule has 0 aliphatic rings. The second-order valence-electron chi connectivity index (χ2n) is 4.47. The topological polar surface area (TPSA) is 12.9 Å². The van der Waals surface area contributed by atoms with Crippen molar-refractivity contribution < 1.29 is 8.78 Å². The van der Waals surface area contributed by atoms with E-state index < -0.39 is 11.6 Å². The first-order valence-electron chi connectivity index (χ1n) is 6.53. The molecule has 1 heterocycles. The molecule has 0 unspecified atom stereocenters. The second-order valence-corrected chi connectivity index (χ2v) is 4.47. The number of benzene rings is 1. The van der Waals surface area contributed by atoms with Crippen LogP contribution < -0.4 is 0 Å². The standard InChI is InChI=1S/C17H15F2N/c1-3-5-12-7-10-15(20-11-12)14-9-8-13(6-4-2)16(18)17(14)19/h7-11H,3,5H2,1-2H3. The molecule has 3 heteroatoms. The monoisotopic (exact) mass is 271 g/mol. The van der Waals surface area contributed by atoms with Gasteiger partial charge in [0.25, 0.3) is 0 Å². The van der Waals surface area contributed by atoms with Gasteiger partial charge in [-0.15, -0.1) is 5.92 Å². The smallest absolute Gasteiger partial charge is 0.175 e. The minimum Gasteiger partial charge on any atom is -0.256 e. The summed E-state index contributed by atoms with van der Waals surface area (Å²) < 4.78 is 27.9. The lowest BCUT2D eigenvalue weighted by Crippen LogP contribution is -1.96. The Balaban J connectivity index is 2.42. The van der Waals surface area contributed by atoms with E-state index in [0.717, 1.165) is 18.4 Å². The Kier molecular flexibility index (Phi) is 4.47. The van der Waals surface area contributed by atoms with E-state index in [-0.39, 0.29) is 11.1 Å². The fourth-order valence-corrected chi connectivity index (χ4v) is 2.00. The zero-order valence-electron chi connectivity index (χ0n) is 11.5.